The van der Waals surface area contributed by atoms with Crippen LogP contribution in [0, 0.1) is 5.92 Å². The maximum absolute atomic E-state index is 5.34. The van der Waals surface area contributed by atoms with Crippen LogP contribution in [0.25, 0.3) is 0 Å². The van der Waals surface area contributed by atoms with Gasteiger partial charge in [0, 0.05) is 38.9 Å². The Bertz CT molecular complexity index is 407. The largest absolute Gasteiger partial charge is 0.379 e. The number of hydrogen-bond donors (Lipinski definition) is 2. The molecule has 0 spiro atoms. The predicted molar refractivity (Wildman–Crippen MR) is 85.7 cm³/mol. The van der Waals surface area contributed by atoms with E-state index in [0.717, 1.165) is 58.2 Å². The van der Waals surface area contributed by atoms with Crippen LogP contribution in [0.4, 0.5) is 11.8 Å². The Hall–Kier alpha value is -1.40. The van der Waals surface area contributed by atoms with Crippen molar-refractivity contribution >= 4 is 11.8 Å². The van der Waals surface area contributed by atoms with Crippen LogP contribution >= 0.6 is 0 Å². The zero-order valence-corrected chi connectivity index (χ0v) is 13.1. The van der Waals surface area contributed by atoms with Crippen LogP contribution in [0.2, 0.25) is 0 Å². The van der Waals surface area contributed by atoms with E-state index in [0.29, 0.717) is 11.9 Å². The smallest absolute Gasteiger partial charge is 0.224 e. The van der Waals surface area contributed by atoms with Crippen LogP contribution in [-0.2, 0) is 4.74 Å². The fraction of sp³-hybridized carbons (Fsp3) is 0.733. The molecule has 0 saturated carbocycles. The highest BCUT2D eigenvalue weighted by molar-refractivity contribution is 5.39. The third-order valence-corrected chi connectivity index (χ3v) is 3.50. The van der Waals surface area contributed by atoms with Crippen molar-refractivity contribution in [2.75, 3.05) is 56.6 Å². The van der Waals surface area contributed by atoms with Gasteiger partial charge in [-0.15, -0.1) is 0 Å². The van der Waals surface area contributed by atoms with Crippen LogP contribution in [0.15, 0.2) is 12.3 Å². The number of aromatic nitrogens is 2. The number of nitrogens with zero attached hydrogens (tertiary/aromatic N) is 3. The monoisotopic (exact) mass is 293 g/mol. The van der Waals surface area contributed by atoms with Gasteiger partial charge in [-0.25, -0.2) is 4.98 Å². The van der Waals surface area contributed by atoms with Crippen LogP contribution < -0.4 is 10.6 Å². The highest BCUT2D eigenvalue weighted by atomic mass is 16.5. The Morgan fingerprint density at radius 3 is 2.81 bits per heavy atom. The van der Waals surface area contributed by atoms with Gasteiger partial charge in [-0.3, -0.25) is 4.90 Å². The molecule has 6 heteroatoms. The quantitative estimate of drug-likeness (QED) is 0.760. The van der Waals surface area contributed by atoms with E-state index in [4.69, 9.17) is 4.74 Å². The van der Waals surface area contributed by atoms with Gasteiger partial charge in [-0.05, 0) is 18.4 Å². The summed E-state index contributed by atoms with van der Waals surface area (Å²) in [6, 6.07) is 1.91. The second-order valence-corrected chi connectivity index (χ2v) is 5.76. The van der Waals surface area contributed by atoms with Crippen molar-refractivity contribution in [2.24, 2.45) is 5.92 Å². The lowest BCUT2D eigenvalue weighted by atomic mass is 10.1. The van der Waals surface area contributed by atoms with E-state index in [1.165, 1.54) is 0 Å². The van der Waals surface area contributed by atoms with Crippen molar-refractivity contribution in [3.63, 3.8) is 0 Å². The van der Waals surface area contributed by atoms with E-state index < -0.39 is 0 Å². The molecule has 0 unspecified atom stereocenters. The lowest BCUT2D eigenvalue weighted by Gasteiger charge is -2.26. The summed E-state index contributed by atoms with van der Waals surface area (Å²) in [4.78, 5) is 11.1. The second-order valence-electron chi connectivity index (χ2n) is 5.76. The first-order valence-corrected chi connectivity index (χ1v) is 7.85. The lowest BCUT2D eigenvalue weighted by molar-refractivity contribution is 0.0398. The van der Waals surface area contributed by atoms with E-state index in [2.05, 4.69) is 39.3 Å². The van der Waals surface area contributed by atoms with E-state index in [1.54, 1.807) is 6.20 Å². The molecule has 6 nitrogen and oxygen atoms in total. The number of morpholine rings is 1. The van der Waals surface area contributed by atoms with Crippen LogP contribution in [0.1, 0.15) is 20.3 Å². The molecule has 118 valence electrons. The second kappa shape index (κ2) is 8.79. The molecule has 1 saturated heterocycles. The average molecular weight is 293 g/mol. The molecular weight excluding hydrogens is 266 g/mol. The number of rotatable bonds is 8. The molecule has 1 aliphatic heterocycles. The van der Waals surface area contributed by atoms with Gasteiger partial charge in [0.1, 0.15) is 5.82 Å². The van der Waals surface area contributed by atoms with Gasteiger partial charge in [-0.1, -0.05) is 13.8 Å². The Balaban J connectivity index is 1.70. The van der Waals surface area contributed by atoms with Gasteiger partial charge in [-0.2, -0.15) is 4.98 Å². The summed E-state index contributed by atoms with van der Waals surface area (Å²) < 4.78 is 5.34. The summed E-state index contributed by atoms with van der Waals surface area (Å²) in [6.07, 6.45) is 2.94. The molecule has 0 amide bonds. The van der Waals surface area contributed by atoms with E-state index in [9.17, 15) is 0 Å². The molecule has 1 fully saturated rings. The molecule has 0 aromatic carbocycles. The highest BCUT2D eigenvalue weighted by Crippen LogP contribution is 2.07. The molecule has 0 radical (unpaired) electrons. The molecule has 1 aromatic rings. The SMILES string of the molecule is CC(C)CCNc1ccnc(NCCN2CCOCC2)n1. The van der Waals surface area contributed by atoms with Crippen molar-refractivity contribution in [3.8, 4) is 0 Å². The maximum atomic E-state index is 5.34. The van der Waals surface area contributed by atoms with Crippen molar-refractivity contribution in [3.05, 3.63) is 12.3 Å². The summed E-state index contributed by atoms with van der Waals surface area (Å²) >= 11 is 0. The van der Waals surface area contributed by atoms with Crippen LogP contribution in [0.5, 0.6) is 0 Å². The Morgan fingerprint density at radius 2 is 2.05 bits per heavy atom. The standard InChI is InChI=1S/C15H27N5O/c1-13(2)3-5-16-14-4-6-17-15(19-14)18-7-8-20-9-11-21-12-10-20/h4,6,13H,3,5,7-12H2,1-2H3,(H2,16,17,18,19). The Labute approximate surface area is 127 Å². The fourth-order valence-electron chi connectivity index (χ4n) is 2.18. The number of hydrogen-bond acceptors (Lipinski definition) is 6. The predicted octanol–water partition coefficient (Wildman–Crippen LogP) is 1.68. The van der Waals surface area contributed by atoms with Crippen LogP contribution in [-0.4, -0.2) is 60.8 Å². The van der Waals surface area contributed by atoms with Crippen molar-refractivity contribution in [1.29, 1.82) is 0 Å². The molecule has 1 aliphatic rings. The molecule has 2 N–H and O–H groups in total. The van der Waals surface area contributed by atoms with Crippen molar-refractivity contribution < 1.29 is 4.74 Å². The van der Waals surface area contributed by atoms with Gasteiger partial charge in [0.2, 0.25) is 5.95 Å². The summed E-state index contributed by atoms with van der Waals surface area (Å²) in [5.41, 5.74) is 0. The molecule has 2 heterocycles. The normalized spacial score (nSPS) is 16.1. The maximum Gasteiger partial charge on any atom is 0.224 e. The molecule has 2 rings (SSSR count). The molecule has 0 aliphatic carbocycles. The Kier molecular flexibility index (Phi) is 6.69. The minimum Gasteiger partial charge on any atom is -0.379 e. The summed E-state index contributed by atoms with van der Waals surface area (Å²) in [7, 11) is 0. The highest BCUT2D eigenvalue weighted by Gasteiger charge is 2.09. The third-order valence-electron chi connectivity index (χ3n) is 3.50. The summed E-state index contributed by atoms with van der Waals surface area (Å²) in [5.74, 6) is 2.28. The van der Waals surface area contributed by atoms with E-state index >= 15 is 0 Å². The first kappa shape index (κ1) is 16.0. The number of ether oxygens (including phenoxy) is 1. The van der Waals surface area contributed by atoms with Crippen molar-refractivity contribution in [1.82, 2.24) is 14.9 Å². The van der Waals surface area contributed by atoms with Gasteiger partial charge < -0.3 is 15.4 Å². The molecule has 0 bridgehead atoms. The van der Waals surface area contributed by atoms with Gasteiger partial charge in [0.05, 0.1) is 13.2 Å². The molecule has 21 heavy (non-hydrogen) atoms. The van der Waals surface area contributed by atoms with Crippen molar-refractivity contribution in [2.45, 2.75) is 20.3 Å². The van der Waals surface area contributed by atoms with E-state index in [1.807, 2.05) is 6.07 Å². The minimum absolute atomic E-state index is 0.692. The van der Waals surface area contributed by atoms with E-state index in [-0.39, 0.29) is 0 Å². The van der Waals surface area contributed by atoms with Gasteiger partial charge in [0.25, 0.3) is 0 Å². The third kappa shape index (κ3) is 6.27. The Morgan fingerprint density at radius 1 is 1.24 bits per heavy atom. The first-order valence-electron chi connectivity index (χ1n) is 7.85. The fourth-order valence-corrected chi connectivity index (χ4v) is 2.18. The van der Waals surface area contributed by atoms with Gasteiger partial charge >= 0.3 is 0 Å². The van der Waals surface area contributed by atoms with Gasteiger partial charge in [0.15, 0.2) is 0 Å². The summed E-state index contributed by atoms with van der Waals surface area (Å²) in [5, 5.41) is 6.62. The number of anilines is 2. The zero-order chi connectivity index (χ0) is 14.9. The zero-order valence-electron chi connectivity index (χ0n) is 13.1. The molecular formula is C15H27N5O. The molecule has 1 aromatic heterocycles. The molecule has 0 atom stereocenters. The van der Waals surface area contributed by atoms with Crippen LogP contribution in [0.3, 0.4) is 0 Å². The lowest BCUT2D eigenvalue weighted by Crippen LogP contribution is -2.39. The average Bonchev–Trinajstić information content (AvgIpc) is 2.48. The first-order chi connectivity index (χ1) is 10.2. The summed E-state index contributed by atoms with van der Waals surface area (Å²) in [6.45, 7) is 11.0. The topological polar surface area (TPSA) is 62.3 Å². The minimum atomic E-state index is 0.692. The number of nitrogens with one attached hydrogen (secondary N) is 2.